The largest absolute Gasteiger partial charge is 0.338 e. The second-order valence-electron chi connectivity index (χ2n) is 6.95. The number of hydrogen-bond donors (Lipinski definition) is 0. The molecular formula is C18H22N2O3S3. The van der Waals surface area contributed by atoms with Gasteiger partial charge in [-0.2, -0.15) is 4.31 Å². The smallest absolute Gasteiger partial charge is 0.252 e. The van der Waals surface area contributed by atoms with Crippen molar-refractivity contribution in [1.82, 2.24) is 9.21 Å². The van der Waals surface area contributed by atoms with E-state index < -0.39 is 10.0 Å². The minimum absolute atomic E-state index is 0.101. The third-order valence-electron chi connectivity index (χ3n) is 5.16. The van der Waals surface area contributed by atoms with E-state index in [1.807, 2.05) is 17.9 Å². The lowest BCUT2D eigenvalue weighted by Crippen LogP contribution is -2.47. The Morgan fingerprint density at radius 1 is 1.23 bits per heavy atom. The van der Waals surface area contributed by atoms with Gasteiger partial charge >= 0.3 is 0 Å². The summed E-state index contributed by atoms with van der Waals surface area (Å²) in [4.78, 5) is 17.3. The normalized spacial score (nSPS) is 21.6. The van der Waals surface area contributed by atoms with E-state index in [4.69, 9.17) is 0 Å². The number of nitrogens with zero attached hydrogens (tertiary/aromatic N) is 2. The molecule has 1 unspecified atom stereocenters. The van der Waals surface area contributed by atoms with Crippen molar-refractivity contribution in [3.05, 3.63) is 38.9 Å². The summed E-state index contributed by atoms with van der Waals surface area (Å²) in [7, 11) is -3.50. The Morgan fingerprint density at radius 2 is 2.08 bits per heavy atom. The van der Waals surface area contributed by atoms with Crippen molar-refractivity contribution < 1.29 is 13.2 Å². The van der Waals surface area contributed by atoms with E-state index in [9.17, 15) is 13.2 Å². The number of thiophene rings is 2. The summed E-state index contributed by atoms with van der Waals surface area (Å²) in [6.45, 7) is 4.09. The highest BCUT2D eigenvalue weighted by atomic mass is 32.2. The molecule has 0 aromatic carbocycles. The summed E-state index contributed by atoms with van der Waals surface area (Å²) < 4.78 is 27.7. The number of carbonyl (C=O) groups is 1. The third kappa shape index (κ3) is 3.35. The number of aryl methyl sites for hydroxylation is 1. The molecule has 1 atom stereocenters. The Hall–Kier alpha value is -1.22. The summed E-state index contributed by atoms with van der Waals surface area (Å²) in [6, 6.07) is 5.59. The molecule has 26 heavy (non-hydrogen) atoms. The standard InChI is InChI=1S/C18H22N2O3S3/c1-13-4-5-17(25-13)26(22,23)20-8-2-3-15(12-20)18(21)19-9-6-16-14(11-19)7-10-24-16/h4-5,7,10,15H,2-3,6,8-9,11-12H2,1H3. The predicted octanol–water partition coefficient (Wildman–Crippen LogP) is 3.10. The van der Waals surface area contributed by atoms with Crippen molar-refractivity contribution in [2.45, 2.75) is 36.9 Å². The maximum Gasteiger partial charge on any atom is 0.252 e. The number of sulfonamides is 1. The molecule has 1 saturated heterocycles. The van der Waals surface area contributed by atoms with Gasteiger partial charge in [0.15, 0.2) is 0 Å². The molecule has 1 amide bonds. The summed E-state index contributed by atoms with van der Waals surface area (Å²) in [5, 5.41) is 2.08. The third-order valence-corrected chi connectivity index (χ3v) is 9.52. The van der Waals surface area contributed by atoms with Crippen LogP contribution < -0.4 is 0 Å². The zero-order valence-electron chi connectivity index (χ0n) is 14.7. The molecule has 1 fully saturated rings. The Balaban J connectivity index is 1.48. The van der Waals surface area contributed by atoms with Crippen molar-refractivity contribution in [2.24, 2.45) is 5.92 Å². The quantitative estimate of drug-likeness (QED) is 0.781. The van der Waals surface area contributed by atoms with Crippen LogP contribution in [-0.2, 0) is 27.8 Å². The van der Waals surface area contributed by atoms with E-state index in [2.05, 4.69) is 11.4 Å². The number of piperidine rings is 1. The van der Waals surface area contributed by atoms with Gasteiger partial charge in [-0.25, -0.2) is 8.42 Å². The summed E-state index contributed by atoms with van der Waals surface area (Å²) in [6.07, 6.45) is 2.40. The molecule has 0 saturated carbocycles. The second kappa shape index (κ2) is 7.07. The van der Waals surface area contributed by atoms with Gasteiger partial charge in [-0.1, -0.05) is 0 Å². The van der Waals surface area contributed by atoms with Crippen LogP contribution in [0.3, 0.4) is 0 Å². The van der Waals surface area contributed by atoms with Crippen LogP contribution in [0.15, 0.2) is 27.8 Å². The van der Waals surface area contributed by atoms with Gasteiger partial charge in [-0.3, -0.25) is 4.79 Å². The molecule has 2 aliphatic heterocycles. The number of fused-ring (bicyclic) bond motifs is 1. The lowest BCUT2D eigenvalue weighted by Gasteiger charge is -2.35. The Labute approximate surface area is 162 Å². The van der Waals surface area contributed by atoms with Gasteiger partial charge in [-0.05, 0) is 55.3 Å². The van der Waals surface area contributed by atoms with Crippen LogP contribution in [0, 0.1) is 12.8 Å². The molecule has 2 aromatic rings. The fourth-order valence-electron chi connectivity index (χ4n) is 3.74. The molecule has 0 bridgehead atoms. The molecule has 140 valence electrons. The van der Waals surface area contributed by atoms with E-state index >= 15 is 0 Å². The minimum atomic E-state index is -3.50. The Kier molecular flexibility index (Phi) is 4.94. The Bertz CT molecular complexity index is 916. The van der Waals surface area contributed by atoms with E-state index in [1.54, 1.807) is 17.4 Å². The Morgan fingerprint density at radius 3 is 2.85 bits per heavy atom. The van der Waals surface area contributed by atoms with Gasteiger partial charge in [0.05, 0.1) is 5.92 Å². The van der Waals surface area contributed by atoms with Crippen molar-refractivity contribution in [3.8, 4) is 0 Å². The maximum absolute atomic E-state index is 13.0. The number of hydrogen-bond acceptors (Lipinski definition) is 5. The molecule has 4 rings (SSSR count). The molecule has 0 N–H and O–H groups in total. The first-order chi connectivity index (χ1) is 12.4. The minimum Gasteiger partial charge on any atom is -0.338 e. The second-order valence-corrected chi connectivity index (χ2v) is 11.4. The van der Waals surface area contributed by atoms with E-state index in [-0.39, 0.29) is 11.8 Å². The molecule has 0 radical (unpaired) electrons. The van der Waals surface area contributed by atoms with Crippen LogP contribution in [0.4, 0.5) is 0 Å². The van der Waals surface area contributed by atoms with Crippen molar-refractivity contribution in [2.75, 3.05) is 19.6 Å². The van der Waals surface area contributed by atoms with Gasteiger partial charge < -0.3 is 4.90 Å². The van der Waals surface area contributed by atoms with Gasteiger partial charge in [0.1, 0.15) is 4.21 Å². The summed E-state index contributed by atoms with van der Waals surface area (Å²) >= 11 is 3.05. The molecule has 4 heterocycles. The van der Waals surface area contributed by atoms with Crippen molar-refractivity contribution in [3.63, 3.8) is 0 Å². The molecule has 2 aliphatic rings. The zero-order chi connectivity index (χ0) is 18.3. The topological polar surface area (TPSA) is 57.7 Å². The van der Waals surface area contributed by atoms with E-state index in [1.165, 1.54) is 26.1 Å². The summed E-state index contributed by atoms with van der Waals surface area (Å²) in [5.74, 6) is -0.135. The van der Waals surface area contributed by atoms with Gasteiger partial charge in [0.25, 0.3) is 10.0 Å². The molecule has 2 aromatic heterocycles. The number of amides is 1. The highest BCUT2D eigenvalue weighted by Crippen LogP contribution is 2.30. The lowest BCUT2D eigenvalue weighted by atomic mass is 9.97. The highest BCUT2D eigenvalue weighted by molar-refractivity contribution is 7.91. The first-order valence-corrected chi connectivity index (χ1v) is 12.0. The van der Waals surface area contributed by atoms with Gasteiger partial charge in [-0.15, -0.1) is 22.7 Å². The average molecular weight is 411 g/mol. The molecule has 8 heteroatoms. The lowest BCUT2D eigenvalue weighted by molar-refractivity contribution is -0.137. The summed E-state index contributed by atoms with van der Waals surface area (Å²) in [5.41, 5.74) is 1.24. The molecule has 0 aliphatic carbocycles. The maximum atomic E-state index is 13.0. The fraction of sp³-hybridized carbons (Fsp3) is 0.500. The van der Waals surface area contributed by atoms with Gasteiger partial charge in [0, 0.05) is 35.9 Å². The van der Waals surface area contributed by atoms with Crippen LogP contribution in [0.2, 0.25) is 0 Å². The first-order valence-electron chi connectivity index (χ1n) is 8.86. The van der Waals surface area contributed by atoms with Crippen LogP contribution in [0.1, 0.15) is 28.2 Å². The van der Waals surface area contributed by atoms with E-state index in [0.29, 0.717) is 23.8 Å². The van der Waals surface area contributed by atoms with Crippen molar-refractivity contribution >= 4 is 38.6 Å². The zero-order valence-corrected chi connectivity index (χ0v) is 17.1. The van der Waals surface area contributed by atoms with Crippen LogP contribution in [0.5, 0.6) is 0 Å². The van der Waals surface area contributed by atoms with Crippen LogP contribution in [0.25, 0.3) is 0 Å². The highest BCUT2D eigenvalue weighted by Gasteiger charge is 2.36. The molecule has 0 spiro atoms. The van der Waals surface area contributed by atoms with Crippen LogP contribution >= 0.6 is 22.7 Å². The fourth-order valence-corrected chi connectivity index (χ4v) is 7.59. The molecule has 5 nitrogen and oxygen atoms in total. The SMILES string of the molecule is Cc1ccc(S(=O)(=O)N2CCCC(C(=O)N3CCc4sccc4C3)C2)s1. The van der Waals surface area contributed by atoms with Gasteiger partial charge in [0.2, 0.25) is 5.91 Å². The van der Waals surface area contributed by atoms with E-state index in [0.717, 1.165) is 30.7 Å². The average Bonchev–Trinajstić information content (AvgIpc) is 3.29. The van der Waals surface area contributed by atoms with Crippen molar-refractivity contribution in [1.29, 1.82) is 0 Å². The van der Waals surface area contributed by atoms with Crippen LogP contribution in [-0.4, -0.2) is 43.2 Å². The number of rotatable bonds is 3. The number of carbonyl (C=O) groups excluding carboxylic acids is 1. The first kappa shape index (κ1) is 18.2. The predicted molar refractivity (Wildman–Crippen MR) is 104 cm³/mol. The molecular weight excluding hydrogens is 388 g/mol. The monoisotopic (exact) mass is 410 g/mol.